The van der Waals surface area contributed by atoms with Crippen molar-refractivity contribution in [1.29, 1.82) is 0 Å². The Labute approximate surface area is 72.2 Å². The molecule has 2 fully saturated rings. The van der Waals surface area contributed by atoms with E-state index in [1.807, 2.05) is 0 Å². The molecule has 2 rings (SSSR count). The molecule has 1 aliphatic heterocycles. The van der Waals surface area contributed by atoms with Crippen molar-refractivity contribution >= 4 is 0 Å². The molecule has 0 amide bonds. The number of rotatable bonds is 2. The number of fused-ring (bicyclic) bond motifs is 1. The van der Waals surface area contributed by atoms with Crippen molar-refractivity contribution in [2.75, 3.05) is 19.8 Å². The van der Waals surface area contributed by atoms with E-state index < -0.39 is 18.3 Å². The van der Waals surface area contributed by atoms with Crippen LogP contribution in [0.3, 0.4) is 0 Å². The van der Waals surface area contributed by atoms with Crippen LogP contribution in [0.2, 0.25) is 0 Å². The van der Waals surface area contributed by atoms with Gasteiger partial charge in [-0.3, -0.25) is 0 Å². The average molecular weight is 176 g/mol. The minimum atomic E-state index is -0.820. The Morgan fingerprint density at radius 2 is 2.33 bits per heavy atom. The molecule has 2 unspecified atom stereocenters. The molecular formula is C8H14O4. The highest BCUT2D eigenvalue weighted by atomic mass is 16.5. The summed E-state index contributed by atoms with van der Waals surface area (Å²) in [6, 6.07) is 0. The Hall–Kier alpha value is -0.160. The van der Waals surface area contributed by atoms with E-state index in [-0.39, 0.29) is 25.0 Å². The molecular weight excluding hydrogens is 160 g/mol. The van der Waals surface area contributed by atoms with Crippen LogP contribution in [0.15, 0.2) is 0 Å². The van der Waals surface area contributed by atoms with Gasteiger partial charge in [-0.2, -0.15) is 0 Å². The molecule has 4 nitrogen and oxygen atoms in total. The third kappa shape index (κ3) is 0.864. The summed E-state index contributed by atoms with van der Waals surface area (Å²) in [6.45, 7) is -1.17. The lowest BCUT2D eigenvalue weighted by molar-refractivity contribution is -0.178. The van der Waals surface area contributed by atoms with Gasteiger partial charge in [0, 0.05) is 24.9 Å². The average Bonchev–Trinajstić information content (AvgIpc) is 2.33. The van der Waals surface area contributed by atoms with Crippen LogP contribution in [0.1, 0.15) is 7.79 Å². The molecule has 2 aliphatic rings. The highest BCUT2D eigenvalue weighted by Gasteiger charge is 2.61. The smallest absolute Gasteiger partial charge is 0.0993 e. The highest BCUT2D eigenvalue weighted by Crippen LogP contribution is 2.50. The van der Waals surface area contributed by atoms with Crippen molar-refractivity contribution in [3.8, 4) is 0 Å². The Morgan fingerprint density at radius 1 is 1.58 bits per heavy atom. The van der Waals surface area contributed by atoms with Crippen molar-refractivity contribution in [1.82, 2.24) is 0 Å². The van der Waals surface area contributed by atoms with E-state index in [1.165, 1.54) is 0 Å². The molecule has 4 heteroatoms. The molecule has 3 N–H and O–H groups in total. The van der Waals surface area contributed by atoms with Gasteiger partial charge in [0.15, 0.2) is 0 Å². The van der Waals surface area contributed by atoms with Crippen LogP contribution < -0.4 is 0 Å². The summed E-state index contributed by atoms with van der Waals surface area (Å²) in [5, 5.41) is 27.5. The maximum absolute atomic E-state index is 9.45. The van der Waals surface area contributed by atoms with Crippen molar-refractivity contribution in [2.24, 2.45) is 11.8 Å². The Kier molecular flexibility index (Phi) is 1.61. The first-order valence-corrected chi connectivity index (χ1v) is 4.14. The van der Waals surface area contributed by atoms with E-state index in [0.717, 1.165) is 0 Å². The van der Waals surface area contributed by atoms with Gasteiger partial charge in [-0.1, -0.05) is 0 Å². The third-order valence-electron chi connectivity index (χ3n) is 2.99. The summed E-state index contributed by atoms with van der Waals surface area (Å²) < 4.78 is 12.8. The fourth-order valence-electron chi connectivity index (χ4n) is 2.28. The number of hydrogen-bond donors (Lipinski definition) is 3. The van der Waals surface area contributed by atoms with Crippen molar-refractivity contribution < 1.29 is 21.4 Å². The van der Waals surface area contributed by atoms with Gasteiger partial charge in [-0.15, -0.1) is 0 Å². The lowest BCUT2D eigenvalue weighted by Gasteiger charge is -2.47. The molecule has 1 heterocycles. The van der Waals surface area contributed by atoms with Crippen LogP contribution in [-0.4, -0.2) is 46.8 Å². The summed E-state index contributed by atoms with van der Waals surface area (Å²) in [5.41, 5.74) is -0.751. The molecule has 0 aromatic heterocycles. The van der Waals surface area contributed by atoms with Crippen LogP contribution in [0, 0.1) is 11.8 Å². The molecule has 0 aromatic rings. The summed E-state index contributed by atoms with van der Waals surface area (Å²) in [4.78, 5) is 0. The van der Waals surface area contributed by atoms with Crippen LogP contribution in [0.25, 0.3) is 0 Å². The van der Waals surface area contributed by atoms with Crippen molar-refractivity contribution in [2.45, 2.75) is 18.1 Å². The standard InChI is InChI=1S/C8H14O4/c9-2-5-3-12-8(4-10)1-6(11)7(5)8/h5-7,9-11H,1-4H2/t5?,6?,7-,8+/m0/s1/i3T/t3-,5?,6?,7-,8+. The summed E-state index contributed by atoms with van der Waals surface area (Å²) in [5.74, 6) is -0.638. The SMILES string of the molecule is [3H][C@@H]1O[C@@]2(CO)CC(O)[C@@H]2C1CO. The molecule has 0 bridgehead atoms. The van der Waals surface area contributed by atoms with E-state index in [4.69, 9.17) is 16.3 Å². The van der Waals surface area contributed by atoms with Crippen LogP contribution in [0.4, 0.5) is 0 Å². The second kappa shape index (κ2) is 2.67. The van der Waals surface area contributed by atoms with E-state index in [2.05, 4.69) is 0 Å². The van der Waals surface area contributed by atoms with Gasteiger partial charge in [0.1, 0.15) is 0 Å². The third-order valence-corrected chi connectivity index (χ3v) is 2.99. The zero-order valence-electron chi connectivity index (χ0n) is 7.68. The lowest BCUT2D eigenvalue weighted by atomic mass is 9.64. The zero-order valence-corrected chi connectivity index (χ0v) is 6.68. The number of hydrogen-bond acceptors (Lipinski definition) is 4. The van der Waals surface area contributed by atoms with Gasteiger partial charge in [0.2, 0.25) is 0 Å². The van der Waals surface area contributed by atoms with E-state index in [9.17, 15) is 5.11 Å². The monoisotopic (exact) mass is 176 g/mol. The topological polar surface area (TPSA) is 69.9 Å². The van der Waals surface area contributed by atoms with Gasteiger partial charge >= 0.3 is 0 Å². The highest BCUT2D eigenvalue weighted by molar-refractivity contribution is 5.09. The maximum Gasteiger partial charge on any atom is 0.0993 e. The number of ether oxygens (including phenoxy) is 1. The fraction of sp³-hybridized carbons (Fsp3) is 1.00. The first-order chi connectivity index (χ1) is 6.14. The molecule has 0 spiro atoms. The molecule has 5 atom stereocenters. The van der Waals surface area contributed by atoms with Crippen molar-refractivity contribution in [3.63, 3.8) is 0 Å². The van der Waals surface area contributed by atoms with Gasteiger partial charge in [-0.05, 0) is 0 Å². The Bertz CT molecular complexity index is 212. The maximum atomic E-state index is 9.45. The summed E-state index contributed by atoms with van der Waals surface area (Å²) in [7, 11) is 0. The number of aliphatic hydroxyl groups is 3. The van der Waals surface area contributed by atoms with Gasteiger partial charge in [0.05, 0.1) is 26.3 Å². The van der Waals surface area contributed by atoms with E-state index in [0.29, 0.717) is 6.42 Å². The predicted molar refractivity (Wildman–Crippen MR) is 40.5 cm³/mol. The largest absolute Gasteiger partial charge is 0.396 e. The van der Waals surface area contributed by atoms with Crippen LogP contribution in [-0.2, 0) is 4.74 Å². The van der Waals surface area contributed by atoms with Crippen molar-refractivity contribution in [3.05, 3.63) is 0 Å². The normalized spacial score (nSPS) is 59.1. The van der Waals surface area contributed by atoms with E-state index in [1.54, 1.807) is 0 Å². The second-order valence-corrected chi connectivity index (χ2v) is 3.62. The van der Waals surface area contributed by atoms with E-state index >= 15 is 0 Å². The van der Waals surface area contributed by atoms with Gasteiger partial charge < -0.3 is 20.1 Å². The fourth-order valence-corrected chi connectivity index (χ4v) is 2.28. The molecule has 1 saturated heterocycles. The first-order valence-electron chi connectivity index (χ1n) is 4.72. The summed E-state index contributed by atoms with van der Waals surface area (Å²) >= 11 is 0. The predicted octanol–water partition coefficient (Wildman–Crippen LogP) is -1.26. The Morgan fingerprint density at radius 3 is 2.83 bits per heavy atom. The van der Waals surface area contributed by atoms with Gasteiger partial charge in [-0.25, -0.2) is 0 Å². The molecule has 0 radical (unpaired) electrons. The minimum absolute atomic E-state index is 0.169. The molecule has 0 aromatic carbocycles. The van der Waals surface area contributed by atoms with Crippen LogP contribution >= 0.6 is 0 Å². The second-order valence-electron chi connectivity index (χ2n) is 3.62. The minimum Gasteiger partial charge on any atom is -0.396 e. The Balaban J connectivity index is 2.18. The molecule has 1 aliphatic carbocycles. The quantitative estimate of drug-likeness (QED) is 0.491. The first kappa shape index (κ1) is 7.26. The zero-order chi connectivity index (χ0) is 9.64. The number of aliphatic hydroxyl groups excluding tert-OH is 3. The lowest BCUT2D eigenvalue weighted by Crippen LogP contribution is -2.59. The molecule has 1 saturated carbocycles. The van der Waals surface area contributed by atoms with Crippen LogP contribution in [0.5, 0.6) is 0 Å². The molecule has 12 heavy (non-hydrogen) atoms. The van der Waals surface area contributed by atoms with Gasteiger partial charge in [0.25, 0.3) is 0 Å². The molecule has 70 valence electrons. The summed E-state index contributed by atoms with van der Waals surface area (Å²) in [6.07, 6.45) is -0.167.